The molecule has 35 heavy (non-hydrogen) atoms. The summed E-state index contributed by atoms with van der Waals surface area (Å²) in [5, 5.41) is 14.5. The molecule has 182 valence electrons. The average molecular weight is 482 g/mol. The number of nitrogens with zero attached hydrogens (tertiary/aromatic N) is 2. The van der Waals surface area contributed by atoms with Crippen LogP contribution in [0.4, 0.5) is 14.5 Å². The number of carbonyl (C=O) groups is 2. The number of anilines is 1. The number of aryl methyl sites for hydroxylation is 1. The van der Waals surface area contributed by atoms with Crippen LogP contribution >= 0.6 is 0 Å². The Balaban J connectivity index is 1.79. The van der Waals surface area contributed by atoms with Crippen LogP contribution in [-0.2, 0) is 10.7 Å². The minimum absolute atomic E-state index is 0.0196. The molecule has 10 heteroatoms. The largest absolute Gasteiger partial charge is 0.324 e. The van der Waals surface area contributed by atoms with Crippen LogP contribution in [0, 0.1) is 6.92 Å². The van der Waals surface area contributed by atoms with Gasteiger partial charge in [0.25, 0.3) is 17.7 Å². The number of aromatic nitrogens is 2. The minimum atomic E-state index is -3.04. The van der Waals surface area contributed by atoms with Crippen LogP contribution < -0.4 is 16.1 Å². The SMILES string of the molecule is CCC(F)(F)c1cccc(NC(=O)/C(NO)=C(\C)NC(=O)c2cccc(-c3nccnc3C)c2)c1. The van der Waals surface area contributed by atoms with Crippen molar-refractivity contribution >= 4 is 17.5 Å². The second-order valence-electron chi connectivity index (χ2n) is 7.73. The first-order valence-electron chi connectivity index (χ1n) is 10.8. The molecule has 0 atom stereocenters. The van der Waals surface area contributed by atoms with Gasteiger partial charge in [-0.3, -0.25) is 30.2 Å². The first-order chi connectivity index (χ1) is 16.7. The fourth-order valence-corrected chi connectivity index (χ4v) is 3.33. The molecule has 0 aliphatic rings. The molecule has 0 radical (unpaired) electrons. The molecule has 0 unspecified atom stereocenters. The van der Waals surface area contributed by atoms with E-state index >= 15 is 0 Å². The molecule has 3 rings (SSSR count). The molecular formula is C25H25F2N5O3. The summed E-state index contributed by atoms with van der Waals surface area (Å²) in [7, 11) is 0. The number of carbonyl (C=O) groups excluding carboxylic acids is 2. The van der Waals surface area contributed by atoms with Crippen molar-refractivity contribution < 1.29 is 23.6 Å². The van der Waals surface area contributed by atoms with E-state index in [4.69, 9.17) is 0 Å². The third-order valence-electron chi connectivity index (χ3n) is 5.28. The summed E-state index contributed by atoms with van der Waals surface area (Å²) in [6.07, 6.45) is 2.74. The molecule has 0 saturated heterocycles. The van der Waals surface area contributed by atoms with Gasteiger partial charge < -0.3 is 10.6 Å². The second kappa shape index (κ2) is 10.8. The molecule has 4 N–H and O–H groups in total. The third kappa shape index (κ3) is 6.04. The highest BCUT2D eigenvalue weighted by Gasteiger charge is 2.29. The van der Waals surface area contributed by atoms with Gasteiger partial charge in [0.15, 0.2) is 0 Å². The molecule has 1 aromatic heterocycles. The van der Waals surface area contributed by atoms with Crippen molar-refractivity contribution in [3.63, 3.8) is 0 Å². The van der Waals surface area contributed by atoms with Crippen LogP contribution in [0.1, 0.15) is 41.9 Å². The van der Waals surface area contributed by atoms with Crippen LogP contribution in [0.3, 0.4) is 0 Å². The van der Waals surface area contributed by atoms with Gasteiger partial charge in [-0.2, -0.15) is 0 Å². The van der Waals surface area contributed by atoms with Gasteiger partial charge in [-0.1, -0.05) is 31.2 Å². The third-order valence-corrected chi connectivity index (χ3v) is 5.28. The predicted octanol–water partition coefficient (Wildman–Crippen LogP) is 4.53. The Morgan fingerprint density at radius 1 is 1.06 bits per heavy atom. The Kier molecular flexibility index (Phi) is 7.87. The van der Waals surface area contributed by atoms with Crippen molar-refractivity contribution in [1.29, 1.82) is 0 Å². The fourth-order valence-electron chi connectivity index (χ4n) is 3.33. The number of hydrogen-bond acceptors (Lipinski definition) is 6. The number of halogens is 2. The van der Waals surface area contributed by atoms with E-state index in [2.05, 4.69) is 20.6 Å². The van der Waals surface area contributed by atoms with Gasteiger partial charge >= 0.3 is 0 Å². The standard InChI is InChI=1S/C25H25F2N5O3/c1-4-25(26,27)19-9-6-10-20(14-19)31-24(34)22(32-35)16(3)30-23(33)18-8-5-7-17(13-18)21-15(2)28-11-12-29-21/h5-14,32,35H,4H2,1-3H3,(H,30,33)(H,31,34)/b22-16-. The van der Waals surface area contributed by atoms with Gasteiger partial charge in [-0.25, -0.2) is 8.78 Å². The number of hydrogen-bond donors (Lipinski definition) is 4. The summed E-state index contributed by atoms with van der Waals surface area (Å²) < 4.78 is 28.0. The van der Waals surface area contributed by atoms with E-state index < -0.39 is 24.2 Å². The molecule has 2 amide bonds. The fraction of sp³-hybridized carbons (Fsp3) is 0.200. The number of benzene rings is 2. The van der Waals surface area contributed by atoms with Crippen molar-refractivity contribution in [3.05, 3.63) is 89.1 Å². The molecule has 0 bridgehead atoms. The summed E-state index contributed by atoms with van der Waals surface area (Å²) >= 11 is 0. The summed E-state index contributed by atoms with van der Waals surface area (Å²) in [5.74, 6) is -4.40. The zero-order valence-corrected chi connectivity index (χ0v) is 19.4. The Morgan fingerprint density at radius 3 is 2.46 bits per heavy atom. The number of alkyl halides is 2. The summed E-state index contributed by atoms with van der Waals surface area (Å²) in [5.41, 5.74) is 3.60. The lowest BCUT2D eigenvalue weighted by Crippen LogP contribution is -2.31. The van der Waals surface area contributed by atoms with Gasteiger partial charge in [0.1, 0.15) is 5.70 Å². The number of amides is 2. The van der Waals surface area contributed by atoms with Gasteiger partial charge in [0.05, 0.1) is 11.4 Å². The lowest BCUT2D eigenvalue weighted by Gasteiger charge is -2.16. The predicted molar refractivity (Wildman–Crippen MR) is 127 cm³/mol. The van der Waals surface area contributed by atoms with Gasteiger partial charge in [-0.05, 0) is 38.1 Å². The number of allylic oxidation sites excluding steroid dienone is 1. The van der Waals surface area contributed by atoms with Crippen molar-refractivity contribution in [1.82, 2.24) is 20.8 Å². The number of hydroxylamine groups is 1. The molecule has 0 saturated carbocycles. The smallest absolute Gasteiger partial charge is 0.275 e. The van der Waals surface area contributed by atoms with Crippen molar-refractivity contribution in [2.75, 3.05) is 5.32 Å². The zero-order valence-electron chi connectivity index (χ0n) is 19.4. The maximum absolute atomic E-state index is 14.0. The second-order valence-corrected chi connectivity index (χ2v) is 7.73. The maximum atomic E-state index is 14.0. The molecule has 0 fully saturated rings. The van der Waals surface area contributed by atoms with Crippen LogP contribution in [-0.4, -0.2) is 27.0 Å². The average Bonchev–Trinajstić information content (AvgIpc) is 2.85. The van der Waals surface area contributed by atoms with Crippen LogP contribution in [0.15, 0.2) is 72.3 Å². The van der Waals surface area contributed by atoms with E-state index in [1.54, 1.807) is 49.1 Å². The molecule has 0 spiro atoms. The van der Waals surface area contributed by atoms with E-state index in [0.29, 0.717) is 22.5 Å². The molecule has 0 aliphatic heterocycles. The monoisotopic (exact) mass is 481 g/mol. The Bertz CT molecular complexity index is 1280. The molecule has 1 heterocycles. The number of rotatable bonds is 8. The van der Waals surface area contributed by atoms with Gasteiger partial charge in [-0.15, -0.1) is 0 Å². The van der Waals surface area contributed by atoms with Crippen LogP contribution in [0.25, 0.3) is 11.3 Å². The van der Waals surface area contributed by atoms with E-state index in [-0.39, 0.29) is 22.6 Å². The molecule has 3 aromatic rings. The Morgan fingerprint density at radius 2 is 1.77 bits per heavy atom. The topological polar surface area (TPSA) is 116 Å². The Hall–Kier alpha value is -4.18. The van der Waals surface area contributed by atoms with Crippen molar-refractivity contribution in [2.24, 2.45) is 0 Å². The molecule has 0 aliphatic carbocycles. The van der Waals surface area contributed by atoms with Gasteiger partial charge in [0.2, 0.25) is 0 Å². The van der Waals surface area contributed by atoms with Crippen LogP contribution in [0.2, 0.25) is 0 Å². The normalized spacial score (nSPS) is 11.9. The first kappa shape index (κ1) is 25.4. The minimum Gasteiger partial charge on any atom is -0.324 e. The number of nitrogens with one attached hydrogen (secondary N) is 3. The molecule has 8 nitrogen and oxygen atoms in total. The van der Waals surface area contributed by atoms with Crippen molar-refractivity contribution in [3.8, 4) is 11.3 Å². The van der Waals surface area contributed by atoms with Crippen molar-refractivity contribution in [2.45, 2.75) is 33.1 Å². The highest BCUT2D eigenvalue weighted by molar-refractivity contribution is 6.04. The maximum Gasteiger partial charge on any atom is 0.275 e. The van der Waals surface area contributed by atoms with Crippen LogP contribution in [0.5, 0.6) is 0 Å². The van der Waals surface area contributed by atoms with E-state index in [0.717, 1.165) is 6.07 Å². The Labute approximate surface area is 201 Å². The highest BCUT2D eigenvalue weighted by Crippen LogP contribution is 2.32. The van der Waals surface area contributed by atoms with E-state index in [9.17, 15) is 23.6 Å². The summed E-state index contributed by atoms with van der Waals surface area (Å²) in [4.78, 5) is 34.0. The molecular weight excluding hydrogens is 456 g/mol. The quantitative estimate of drug-likeness (QED) is 0.277. The summed E-state index contributed by atoms with van der Waals surface area (Å²) in [6.45, 7) is 4.57. The lowest BCUT2D eigenvalue weighted by molar-refractivity contribution is -0.114. The first-order valence-corrected chi connectivity index (χ1v) is 10.8. The molecule has 2 aromatic carbocycles. The van der Waals surface area contributed by atoms with E-state index in [1.807, 2.05) is 0 Å². The zero-order chi connectivity index (χ0) is 25.6. The lowest BCUT2D eigenvalue weighted by atomic mass is 10.1. The summed E-state index contributed by atoms with van der Waals surface area (Å²) in [6, 6.07) is 12.0. The van der Waals surface area contributed by atoms with E-state index in [1.165, 1.54) is 32.0 Å². The highest BCUT2D eigenvalue weighted by atomic mass is 19.3. The van der Waals surface area contributed by atoms with Gasteiger partial charge in [0, 0.05) is 46.9 Å².